The van der Waals surface area contributed by atoms with E-state index in [1.54, 1.807) is 13.0 Å². The fourth-order valence-corrected chi connectivity index (χ4v) is 3.85. The molecule has 0 fully saturated rings. The normalized spacial score (nSPS) is 13.8. The van der Waals surface area contributed by atoms with Crippen LogP contribution in [0.5, 0.6) is 0 Å². The maximum absolute atomic E-state index is 13.7. The molecule has 2 aromatic rings. The molecule has 7 nitrogen and oxygen atoms in total. The van der Waals surface area contributed by atoms with Crippen LogP contribution in [0.3, 0.4) is 0 Å². The Kier molecular flexibility index (Phi) is 7.45. The molecule has 170 valence electrons. The van der Waals surface area contributed by atoms with Gasteiger partial charge in [0.15, 0.2) is 0 Å². The number of H-pyrrole nitrogens is 1. The average Bonchev–Trinajstić information content (AvgIpc) is 3.22. The summed E-state index contributed by atoms with van der Waals surface area (Å²) in [5.74, 6) is -1.12. The molecule has 0 spiro atoms. The number of hydrogen-bond donors (Lipinski definition) is 3. The molecule has 1 aliphatic rings. The molecule has 1 aromatic heterocycles. The third-order valence-corrected chi connectivity index (χ3v) is 5.58. The number of halogens is 1. The van der Waals surface area contributed by atoms with Crippen LogP contribution in [-0.4, -0.2) is 36.4 Å². The molecule has 0 saturated heterocycles. The third-order valence-electron chi connectivity index (χ3n) is 5.58. The molecule has 0 aliphatic carbocycles. The van der Waals surface area contributed by atoms with E-state index >= 15 is 0 Å². The highest BCUT2D eigenvalue weighted by Crippen LogP contribution is 2.34. The smallest absolute Gasteiger partial charge is 0.305 e. The molecule has 0 unspecified atom stereocenters. The number of aryl methyl sites for hydroxylation is 1. The third kappa shape index (κ3) is 5.25. The second-order valence-corrected chi connectivity index (χ2v) is 7.86. The zero-order chi connectivity index (χ0) is 23.3. The van der Waals surface area contributed by atoms with Gasteiger partial charge in [-0.05, 0) is 56.5 Å². The highest BCUT2D eigenvalue weighted by Gasteiger charge is 2.26. The van der Waals surface area contributed by atoms with Gasteiger partial charge in [-0.2, -0.15) is 0 Å². The fraction of sp³-hybridized carbons (Fsp3) is 0.375. The van der Waals surface area contributed by atoms with E-state index in [1.165, 1.54) is 25.3 Å². The van der Waals surface area contributed by atoms with Gasteiger partial charge >= 0.3 is 5.97 Å². The minimum atomic E-state index is -0.420. The highest BCUT2D eigenvalue weighted by atomic mass is 19.1. The van der Waals surface area contributed by atoms with Crippen LogP contribution in [0, 0.1) is 19.7 Å². The SMILES string of the molecule is COC(=O)CCCCCCNC(=O)c1c(C)[nH]c(/C=C2\C(=O)Nc3ccc(F)cc32)c1C. The number of hydrogen-bond acceptors (Lipinski definition) is 4. The zero-order valence-corrected chi connectivity index (χ0v) is 18.6. The number of benzene rings is 1. The molecule has 2 amide bonds. The van der Waals surface area contributed by atoms with Crippen LogP contribution in [0.15, 0.2) is 18.2 Å². The van der Waals surface area contributed by atoms with Crippen LogP contribution < -0.4 is 10.6 Å². The van der Waals surface area contributed by atoms with Crippen LogP contribution in [-0.2, 0) is 14.3 Å². The lowest BCUT2D eigenvalue weighted by Gasteiger charge is -2.06. The second kappa shape index (κ2) is 10.3. The van der Waals surface area contributed by atoms with Crippen molar-refractivity contribution in [3.63, 3.8) is 0 Å². The molecule has 0 radical (unpaired) electrons. The number of fused-ring (bicyclic) bond motifs is 1. The first kappa shape index (κ1) is 23.2. The number of nitrogens with one attached hydrogen (secondary N) is 3. The Bertz CT molecular complexity index is 1070. The first-order chi connectivity index (χ1) is 15.3. The summed E-state index contributed by atoms with van der Waals surface area (Å²) < 4.78 is 18.3. The summed E-state index contributed by atoms with van der Waals surface area (Å²) in [6, 6.07) is 4.15. The fourth-order valence-electron chi connectivity index (χ4n) is 3.85. The Morgan fingerprint density at radius 3 is 2.66 bits per heavy atom. The molecule has 0 atom stereocenters. The van der Waals surface area contributed by atoms with Crippen LogP contribution in [0.4, 0.5) is 10.1 Å². The lowest BCUT2D eigenvalue weighted by molar-refractivity contribution is -0.140. The highest BCUT2D eigenvalue weighted by molar-refractivity contribution is 6.34. The number of amides is 2. The van der Waals surface area contributed by atoms with Crippen molar-refractivity contribution >= 4 is 35.1 Å². The number of unbranched alkanes of at least 4 members (excludes halogenated alkanes) is 3. The number of aromatic nitrogens is 1. The Morgan fingerprint density at radius 1 is 1.16 bits per heavy atom. The quantitative estimate of drug-likeness (QED) is 0.310. The zero-order valence-electron chi connectivity index (χ0n) is 18.6. The largest absolute Gasteiger partial charge is 0.469 e. The Morgan fingerprint density at radius 2 is 1.91 bits per heavy atom. The van der Waals surface area contributed by atoms with Crippen LogP contribution >= 0.6 is 0 Å². The number of esters is 1. The minimum absolute atomic E-state index is 0.183. The number of aromatic amines is 1. The van der Waals surface area contributed by atoms with Gasteiger partial charge in [0.2, 0.25) is 0 Å². The van der Waals surface area contributed by atoms with Crippen LogP contribution in [0.2, 0.25) is 0 Å². The van der Waals surface area contributed by atoms with Crippen molar-refractivity contribution in [1.82, 2.24) is 10.3 Å². The van der Waals surface area contributed by atoms with E-state index in [9.17, 15) is 18.8 Å². The summed E-state index contributed by atoms with van der Waals surface area (Å²) in [7, 11) is 1.38. The molecular formula is C24H28FN3O4. The monoisotopic (exact) mass is 441 g/mol. The summed E-state index contributed by atoms with van der Waals surface area (Å²) in [6.07, 6.45) is 5.46. The molecule has 2 heterocycles. The molecule has 8 heteroatoms. The molecule has 3 rings (SSSR count). The lowest BCUT2D eigenvalue weighted by Crippen LogP contribution is -2.25. The van der Waals surface area contributed by atoms with Gasteiger partial charge < -0.3 is 20.4 Å². The second-order valence-electron chi connectivity index (χ2n) is 7.86. The summed E-state index contributed by atoms with van der Waals surface area (Å²) in [5, 5.41) is 5.65. The molecule has 1 aliphatic heterocycles. The van der Waals surface area contributed by atoms with E-state index in [1.807, 2.05) is 6.92 Å². The van der Waals surface area contributed by atoms with Gasteiger partial charge in [0.1, 0.15) is 5.82 Å². The van der Waals surface area contributed by atoms with Crippen molar-refractivity contribution in [3.8, 4) is 0 Å². The van der Waals surface area contributed by atoms with Gasteiger partial charge in [-0.15, -0.1) is 0 Å². The summed E-state index contributed by atoms with van der Waals surface area (Å²) in [4.78, 5) is 39.3. The summed E-state index contributed by atoms with van der Waals surface area (Å²) >= 11 is 0. The number of methoxy groups -OCH3 is 1. The maximum Gasteiger partial charge on any atom is 0.305 e. The van der Waals surface area contributed by atoms with Gasteiger partial charge in [0, 0.05) is 35.6 Å². The van der Waals surface area contributed by atoms with Crippen molar-refractivity contribution in [2.24, 2.45) is 0 Å². The maximum atomic E-state index is 13.7. The van der Waals surface area contributed by atoms with E-state index in [0.29, 0.717) is 46.7 Å². The standard InChI is InChI=1S/C24H28FN3O4/c1-14-20(13-18-17-12-16(25)9-10-19(17)28-23(18)30)27-15(2)22(14)24(31)26-11-7-5-4-6-8-21(29)32-3/h9-10,12-13,27H,4-8,11H2,1-3H3,(H,26,31)(H,28,30)/b18-13-. The van der Waals surface area contributed by atoms with Gasteiger partial charge in [-0.3, -0.25) is 14.4 Å². The number of carbonyl (C=O) groups is 3. The van der Waals surface area contributed by atoms with Gasteiger partial charge in [-0.25, -0.2) is 4.39 Å². The van der Waals surface area contributed by atoms with E-state index in [4.69, 9.17) is 0 Å². The topological polar surface area (TPSA) is 100 Å². The van der Waals surface area contributed by atoms with Gasteiger partial charge in [0.25, 0.3) is 11.8 Å². The van der Waals surface area contributed by atoms with E-state index in [0.717, 1.165) is 31.2 Å². The van der Waals surface area contributed by atoms with E-state index in [2.05, 4.69) is 20.4 Å². The molecule has 3 N–H and O–H groups in total. The van der Waals surface area contributed by atoms with E-state index in [-0.39, 0.29) is 17.8 Å². The van der Waals surface area contributed by atoms with Crippen molar-refractivity contribution in [2.45, 2.75) is 46.0 Å². The van der Waals surface area contributed by atoms with Crippen LogP contribution in [0.1, 0.15) is 65.0 Å². The number of anilines is 1. The molecule has 32 heavy (non-hydrogen) atoms. The van der Waals surface area contributed by atoms with Crippen LogP contribution in [0.25, 0.3) is 11.6 Å². The van der Waals surface area contributed by atoms with Crippen molar-refractivity contribution in [1.29, 1.82) is 0 Å². The van der Waals surface area contributed by atoms with Crippen molar-refractivity contribution < 1.29 is 23.5 Å². The summed E-state index contributed by atoms with van der Waals surface area (Å²) in [5.41, 5.74) is 4.01. The average molecular weight is 442 g/mol. The first-order valence-electron chi connectivity index (χ1n) is 10.7. The number of carbonyl (C=O) groups excluding carboxylic acids is 3. The lowest BCUT2D eigenvalue weighted by atomic mass is 10.0. The minimum Gasteiger partial charge on any atom is -0.469 e. The van der Waals surface area contributed by atoms with Crippen molar-refractivity contribution in [3.05, 3.63) is 52.1 Å². The number of ether oxygens (including phenoxy) is 1. The molecular weight excluding hydrogens is 413 g/mol. The Labute approximate surface area is 186 Å². The molecule has 1 aromatic carbocycles. The molecule has 0 bridgehead atoms. The van der Waals surface area contributed by atoms with E-state index < -0.39 is 5.82 Å². The van der Waals surface area contributed by atoms with Gasteiger partial charge in [-0.1, -0.05) is 12.8 Å². The predicted octanol–water partition coefficient (Wildman–Crippen LogP) is 4.12. The van der Waals surface area contributed by atoms with Crippen molar-refractivity contribution in [2.75, 3.05) is 19.0 Å². The summed E-state index contributed by atoms with van der Waals surface area (Å²) in [6.45, 7) is 4.16. The Balaban J connectivity index is 1.62. The Hall–Kier alpha value is -3.42. The van der Waals surface area contributed by atoms with Gasteiger partial charge in [0.05, 0.1) is 18.2 Å². The predicted molar refractivity (Wildman–Crippen MR) is 121 cm³/mol. The molecule has 0 saturated carbocycles. The number of rotatable bonds is 9. The first-order valence-corrected chi connectivity index (χ1v) is 10.7.